The number of nitrogens with one attached hydrogen (secondary N) is 1. The molecule has 0 amide bonds. The van der Waals surface area contributed by atoms with E-state index >= 15 is 0 Å². The first-order valence-corrected chi connectivity index (χ1v) is 8.04. The number of nitrogens with zero attached hydrogens (tertiary/aromatic N) is 2. The van der Waals surface area contributed by atoms with E-state index in [-0.39, 0.29) is 10.5 Å². The van der Waals surface area contributed by atoms with E-state index in [9.17, 15) is 13.2 Å². The molecular formula is C12H12BrN3O3S. The lowest BCUT2D eigenvalue weighted by molar-refractivity contribution is 0.600. The number of hydrogen-bond acceptors (Lipinski definition) is 4. The van der Waals surface area contributed by atoms with E-state index in [4.69, 9.17) is 0 Å². The predicted octanol–water partition coefficient (Wildman–Crippen LogP) is 1.83. The molecule has 2 aromatic heterocycles. The van der Waals surface area contributed by atoms with Crippen molar-refractivity contribution in [1.29, 1.82) is 0 Å². The summed E-state index contributed by atoms with van der Waals surface area (Å²) in [6, 6.07) is 4.20. The highest BCUT2D eigenvalue weighted by molar-refractivity contribution is 9.10. The van der Waals surface area contributed by atoms with Crippen LogP contribution in [0.2, 0.25) is 0 Å². The molecule has 0 aromatic carbocycles. The Morgan fingerprint density at radius 3 is 2.75 bits per heavy atom. The van der Waals surface area contributed by atoms with Crippen LogP contribution in [0, 0.1) is 0 Å². The van der Waals surface area contributed by atoms with Gasteiger partial charge in [0.05, 0.1) is 5.69 Å². The number of aryl methyl sites for hydroxylation is 1. The van der Waals surface area contributed by atoms with Gasteiger partial charge in [-0.2, -0.15) is 0 Å². The molecular weight excluding hydrogens is 346 g/mol. The minimum atomic E-state index is -3.73. The molecule has 8 heteroatoms. The highest BCUT2D eigenvalue weighted by atomic mass is 79.9. The molecule has 0 spiro atoms. The van der Waals surface area contributed by atoms with Gasteiger partial charge in [0.25, 0.3) is 15.6 Å². The fourth-order valence-electron chi connectivity index (χ4n) is 1.59. The van der Waals surface area contributed by atoms with Crippen LogP contribution in [0.5, 0.6) is 0 Å². The van der Waals surface area contributed by atoms with Gasteiger partial charge in [-0.05, 0) is 35.0 Å². The normalized spacial score (nSPS) is 11.3. The lowest BCUT2D eigenvalue weighted by Crippen LogP contribution is -2.20. The highest BCUT2D eigenvalue weighted by Gasteiger charge is 2.15. The average Bonchev–Trinajstić information content (AvgIpc) is 2.40. The predicted molar refractivity (Wildman–Crippen MR) is 79.1 cm³/mol. The smallest absolute Gasteiger partial charge is 0.263 e. The summed E-state index contributed by atoms with van der Waals surface area (Å²) in [6.45, 7) is 2.27. The van der Waals surface area contributed by atoms with Crippen molar-refractivity contribution in [3.05, 3.63) is 51.6 Å². The minimum absolute atomic E-state index is 0.0427. The Kier molecular flexibility index (Phi) is 4.24. The van der Waals surface area contributed by atoms with E-state index in [0.717, 1.165) is 0 Å². The third-order valence-electron chi connectivity index (χ3n) is 2.57. The monoisotopic (exact) mass is 357 g/mol. The van der Waals surface area contributed by atoms with Gasteiger partial charge in [0.2, 0.25) is 0 Å². The first-order valence-electron chi connectivity index (χ1n) is 5.76. The molecule has 0 fully saturated rings. The zero-order valence-electron chi connectivity index (χ0n) is 10.6. The van der Waals surface area contributed by atoms with Crippen LogP contribution in [-0.4, -0.2) is 18.0 Å². The maximum atomic E-state index is 12.2. The van der Waals surface area contributed by atoms with Crippen molar-refractivity contribution in [3.63, 3.8) is 0 Å². The maximum Gasteiger partial charge on any atom is 0.263 e. The van der Waals surface area contributed by atoms with Crippen molar-refractivity contribution in [2.45, 2.75) is 18.4 Å². The first-order chi connectivity index (χ1) is 9.42. The van der Waals surface area contributed by atoms with E-state index in [1.807, 2.05) is 0 Å². The summed E-state index contributed by atoms with van der Waals surface area (Å²) in [5.74, 6) is 0. The number of aromatic nitrogens is 2. The Hall–Kier alpha value is -1.67. The van der Waals surface area contributed by atoms with E-state index < -0.39 is 10.0 Å². The molecule has 0 aliphatic heterocycles. The number of halogens is 1. The molecule has 6 nitrogen and oxygen atoms in total. The van der Waals surface area contributed by atoms with Crippen molar-refractivity contribution in [3.8, 4) is 0 Å². The zero-order valence-corrected chi connectivity index (χ0v) is 13.0. The van der Waals surface area contributed by atoms with Crippen molar-refractivity contribution < 1.29 is 8.42 Å². The van der Waals surface area contributed by atoms with Crippen LogP contribution in [0.25, 0.3) is 0 Å². The molecule has 1 N–H and O–H groups in total. The van der Waals surface area contributed by atoms with Gasteiger partial charge in [0, 0.05) is 35.7 Å². The Labute approximate surface area is 124 Å². The molecule has 0 atom stereocenters. The van der Waals surface area contributed by atoms with Gasteiger partial charge in [0.1, 0.15) is 4.90 Å². The standard InChI is InChI=1S/C12H12BrN3O3S/c1-2-16-8-10(3-4-12(16)17)15-20(18,19)11-5-9(13)6-14-7-11/h3-8,15H,2H2,1H3. The molecule has 20 heavy (non-hydrogen) atoms. The van der Waals surface area contributed by atoms with Gasteiger partial charge in [-0.25, -0.2) is 8.42 Å². The van der Waals surface area contributed by atoms with Crippen molar-refractivity contribution in [2.24, 2.45) is 0 Å². The topological polar surface area (TPSA) is 81.1 Å². The van der Waals surface area contributed by atoms with Crippen LogP contribution < -0.4 is 10.3 Å². The highest BCUT2D eigenvalue weighted by Crippen LogP contribution is 2.17. The quantitative estimate of drug-likeness (QED) is 0.904. The van der Waals surface area contributed by atoms with Gasteiger partial charge in [-0.1, -0.05) is 0 Å². The fourth-order valence-corrected chi connectivity index (χ4v) is 3.14. The second-order valence-electron chi connectivity index (χ2n) is 3.99. The van der Waals surface area contributed by atoms with Gasteiger partial charge in [-0.15, -0.1) is 0 Å². The Balaban J connectivity index is 2.36. The van der Waals surface area contributed by atoms with Crippen LogP contribution in [-0.2, 0) is 16.6 Å². The van der Waals surface area contributed by atoms with E-state index in [1.54, 1.807) is 6.92 Å². The SMILES string of the molecule is CCn1cc(NS(=O)(=O)c2cncc(Br)c2)ccc1=O. The maximum absolute atomic E-state index is 12.2. The summed E-state index contributed by atoms with van der Waals surface area (Å²) >= 11 is 3.17. The summed E-state index contributed by atoms with van der Waals surface area (Å²) in [4.78, 5) is 15.3. The Morgan fingerprint density at radius 1 is 1.35 bits per heavy atom. The number of sulfonamides is 1. The van der Waals surface area contributed by atoms with Crippen LogP contribution in [0.3, 0.4) is 0 Å². The number of pyridine rings is 2. The largest absolute Gasteiger partial charge is 0.314 e. The average molecular weight is 358 g/mol. The molecule has 106 valence electrons. The zero-order chi connectivity index (χ0) is 14.8. The van der Waals surface area contributed by atoms with E-state index in [1.165, 1.54) is 41.4 Å². The van der Waals surface area contributed by atoms with Crippen LogP contribution in [0.4, 0.5) is 5.69 Å². The van der Waals surface area contributed by atoms with Crippen LogP contribution >= 0.6 is 15.9 Å². The fraction of sp³-hybridized carbons (Fsp3) is 0.167. The third kappa shape index (κ3) is 3.26. The lowest BCUT2D eigenvalue weighted by atomic mass is 10.4. The molecule has 0 aliphatic carbocycles. The lowest BCUT2D eigenvalue weighted by Gasteiger charge is -2.09. The number of rotatable bonds is 4. The molecule has 0 radical (unpaired) electrons. The molecule has 0 saturated carbocycles. The van der Waals surface area contributed by atoms with E-state index in [2.05, 4.69) is 25.6 Å². The first kappa shape index (κ1) is 14.7. The minimum Gasteiger partial charge on any atom is -0.314 e. The van der Waals surface area contributed by atoms with Gasteiger partial charge >= 0.3 is 0 Å². The van der Waals surface area contributed by atoms with Gasteiger partial charge in [0.15, 0.2) is 0 Å². The Bertz CT molecular complexity index is 787. The number of anilines is 1. The molecule has 0 unspecified atom stereocenters. The van der Waals surface area contributed by atoms with Crippen molar-refractivity contribution in [2.75, 3.05) is 4.72 Å². The van der Waals surface area contributed by atoms with Gasteiger partial charge in [-0.3, -0.25) is 14.5 Å². The summed E-state index contributed by atoms with van der Waals surface area (Å²) in [5.41, 5.74) is 0.144. The van der Waals surface area contributed by atoms with Crippen molar-refractivity contribution in [1.82, 2.24) is 9.55 Å². The molecule has 2 heterocycles. The number of hydrogen-bond donors (Lipinski definition) is 1. The molecule has 0 aliphatic rings. The second-order valence-corrected chi connectivity index (χ2v) is 6.58. The van der Waals surface area contributed by atoms with Crippen LogP contribution in [0.1, 0.15) is 6.92 Å². The van der Waals surface area contributed by atoms with Crippen LogP contribution in [0.15, 0.2) is 51.0 Å². The van der Waals surface area contributed by atoms with Gasteiger partial charge < -0.3 is 4.57 Å². The Morgan fingerprint density at radius 2 is 2.10 bits per heavy atom. The summed E-state index contributed by atoms with van der Waals surface area (Å²) < 4.78 is 28.8. The summed E-state index contributed by atoms with van der Waals surface area (Å²) in [7, 11) is -3.73. The molecule has 0 saturated heterocycles. The second kappa shape index (κ2) is 5.76. The molecule has 0 bridgehead atoms. The van der Waals surface area contributed by atoms with E-state index in [0.29, 0.717) is 16.7 Å². The summed E-state index contributed by atoms with van der Waals surface area (Å²) in [5, 5.41) is 0. The summed E-state index contributed by atoms with van der Waals surface area (Å²) in [6.07, 6.45) is 4.21. The third-order valence-corrected chi connectivity index (χ3v) is 4.35. The molecule has 2 rings (SSSR count). The van der Waals surface area contributed by atoms with Crippen molar-refractivity contribution >= 4 is 31.6 Å². The molecule has 2 aromatic rings.